The van der Waals surface area contributed by atoms with Gasteiger partial charge in [0.1, 0.15) is 11.7 Å². The first-order valence-electron chi connectivity index (χ1n) is 8.10. The van der Waals surface area contributed by atoms with Gasteiger partial charge in [0.2, 0.25) is 0 Å². The zero-order chi connectivity index (χ0) is 17.3. The van der Waals surface area contributed by atoms with Gasteiger partial charge >= 0.3 is 0 Å². The lowest BCUT2D eigenvalue weighted by Crippen LogP contribution is -2.42. The van der Waals surface area contributed by atoms with Crippen LogP contribution in [0.3, 0.4) is 0 Å². The van der Waals surface area contributed by atoms with Crippen molar-refractivity contribution in [3.8, 4) is 0 Å². The molecule has 0 radical (unpaired) electrons. The highest BCUT2D eigenvalue weighted by Crippen LogP contribution is 2.28. The maximum atomic E-state index is 13.0. The number of ether oxygens (including phenoxy) is 1. The molecule has 0 bridgehead atoms. The lowest BCUT2D eigenvalue weighted by Gasteiger charge is -2.33. The Morgan fingerprint density at radius 3 is 2.92 bits per heavy atom. The van der Waals surface area contributed by atoms with Crippen LogP contribution in [0.4, 0.5) is 0 Å². The molecule has 2 aromatic rings. The van der Waals surface area contributed by atoms with Crippen LogP contribution in [0.1, 0.15) is 53.2 Å². The first-order valence-corrected chi connectivity index (χ1v) is 8.47. The molecule has 6 heteroatoms. The fourth-order valence-corrected chi connectivity index (χ4v) is 3.14. The van der Waals surface area contributed by atoms with E-state index >= 15 is 0 Å². The van der Waals surface area contributed by atoms with Crippen LogP contribution in [0, 0.1) is 6.92 Å². The Bertz CT molecular complexity index is 742. The van der Waals surface area contributed by atoms with E-state index in [-0.39, 0.29) is 17.9 Å². The van der Waals surface area contributed by atoms with Gasteiger partial charge in [-0.15, -0.1) is 0 Å². The Balaban J connectivity index is 1.82. The van der Waals surface area contributed by atoms with Crippen molar-refractivity contribution in [2.24, 2.45) is 0 Å². The quantitative estimate of drug-likeness (QED) is 0.842. The summed E-state index contributed by atoms with van der Waals surface area (Å²) in [5, 5.41) is 4.63. The highest BCUT2D eigenvalue weighted by atomic mass is 35.5. The number of aryl methyl sites for hydroxylation is 1. The van der Waals surface area contributed by atoms with Crippen molar-refractivity contribution in [3.63, 3.8) is 0 Å². The number of morpholine rings is 1. The van der Waals surface area contributed by atoms with Crippen molar-refractivity contribution < 1.29 is 14.1 Å². The Hall–Kier alpha value is -1.85. The molecule has 1 aliphatic rings. The van der Waals surface area contributed by atoms with Gasteiger partial charge in [-0.1, -0.05) is 42.7 Å². The second kappa shape index (κ2) is 6.95. The molecule has 0 aliphatic carbocycles. The summed E-state index contributed by atoms with van der Waals surface area (Å²) < 4.78 is 11.2. The number of hydrogen-bond donors (Lipinski definition) is 0. The standard InChI is InChI=1S/C18H21ClN2O3/c1-11(2)17-16(12(3)20-24-17)18(22)21-7-8-23-15(10-21)13-5-4-6-14(19)9-13/h4-6,9,11,15H,7-8,10H2,1-3H3. The van der Waals surface area contributed by atoms with E-state index in [0.717, 1.165) is 5.56 Å². The number of carbonyl (C=O) groups excluding carboxylic acids is 1. The third-order valence-corrected chi connectivity index (χ3v) is 4.44. The average Bonchev–Trinajstić information content (AvgIpc) is 2.96. The van der Waals surface area contributed by atoms with E-state index in [2.05, 4.69) is 5.16 Å². The Morgan fingerprint density at radius 2 is 2.21 bits per heavy atom. The molecule has 128 valence electrons. The van der Waals surface area contributed by atoms with Gasteiger partial charge in [-0.25, -0.2) is 0 Å². The summed E-state index contributed by atoms with van der Waals surface area (Å²) >= 11 is 6.06. The Labute approximate surface area is 146 Å². The minimum Gasteiger partial charge on any atom is -0.370 e. The van der Waals surface area contributed by atoms with Gasteiger partial charge in [0, 0.05) is 17.5 Å². The van der Waals surface area contributed by atoms with Crippen LogP contribution in [0.5, 0.6) is 0 Å². The van der Waals surface area contributed by atoms with Crippen LogP contribution in [0.2, 0.25) is 5.02 Å². The maximum Gasteiger partial charge on any atom is 0.259 e. The minimum atomic E-state index is -0.177. The van der Waals surface area contributed by atoms with Crippen molar-refractivity contribution in [2.75, 3.05) is 19.7 Å². The summed E-state index contributed by atoms with van der Waals surface area (Å²) in [6.07, 6.45) is -0.177. The molecule has 1 atom stereocenters. The zero-order valence-corrected chi connectivity index (χ0v) is 14.8. The van der Waals surface area contributed by atoms with Crippen molar-refractivity contribution in [3.05, 3.63) is 51.9 Å². The molecule has 1 aliphatic heterocycles. The van der Waals surface area contributed by atoms with Crippen LogP contribution in [0.15, 0.2) is 28.8 Å². The van der Waals surface area contributed by atoms with Crippen molar-refractivity contribution in [2.45, 2.75) is 32.8 Å². The highest BCUT2D eigenvalue weighted by Gasteiger charge is 2.31. The molecule has 0 spiro atoms. The SMILES string of the molecule is Cc1noc(C(C)C)c1C(=O)N1CCOC(c2cccc(Cl)c2)C1. The fraction of sp³-hybridized carbons (Fsp3) is 0.444. The number of aromatic nitrogens is 1. The van der Waals surface area contributed by atoms with E-state index in [9.17, 15) is 4.79 Å². The van der Waals surface area contributed by atoms with E-state index in [1.165, 1.54) is 0 Å². The van der Waals surface area contributed by atoms with Gasteiger partial charge < -0.3 is 14.2 Å². The summed E-state index contributed by atoms with van der Waals surface area (Å²) in [5.74, 6) is 0.700. The molecule has 1 unspecified atom stereocenters. The summed E-state index contributed by atoms with van der Waals surface area (Å²) in [4.78, 5) is 14.8. The molecular weight excluding hydrogens is 328 g/mol. The number of benzene rings is 1. The van der Waals surface area contributed by atoms with Crippen LogP contribution in [-0.4, -0.2) is 35.7 Å². The summed E-state index contributed by atoms with van der Waals surface area (Å²) in [5.41, 5.74) is 2.19. The van der Waals surface area contributed by atoms with E-state index < -0.39 is 0 Å². The molecule has 1 fully saturated rings. The molecule has 1 aromatic carbocycles. The summed E-state index contributed by atoms with van der Waals surface area (Å²) in [6.45, 7) is 7.32. The van der Waals surface area contributed by atoms with Crippen molar-refractivity contribution in [1.82, 2.24) is 10.1 Å². The normalized spacial score (nSPS) is 18.2. The first-order chi connectivity index (χ1) is 11.5. The van der Waals surface area contributed by atoms with Gasteiger partial charge in [0.25, 0.3) is 5.91 Å². The minimum absolute atomic E-state index is 0.0484. The number of hydrogen-bond acceptors (Lipinski definition) is 4. The monoisotopic (exact) mass is 348 g/mol. The van der Waals surface area contributed by atoms with E-state index in [0.29, 0.717) is 41.7 Å². The van der Waals surface area contributed by atoms with Crippen LogP contribution >= 0.6 is 11.6 Å². The number of halogens is 1. The molecule has 1 amide bonds. The number of amides is 1. The molecular formula is C18H21ClN2O3. The van der Waals surface area contributed by atoms with Crippen LogP contribution in [0.25, 0.3) is 0 Å². The summed E-state index contributed by atoms with van der Waals surface area (Å²) in [7, 11) is 0. The second-order valence-corrected chi connectivity index (χ2v) is 6.76. The molecule has 0 N–H and O–H groups in total. The van der Waals surface area contributed by atoms with Gasteiger partial charge in [-0.05, 0) is 24.6 Å². The molecule has 1 aromatic heterocycles. The van der Waals surface area contributed by atoms with Gasteiger partial charge in [-0.2, -0.15) is 0 Å². The second-order valence-electron chi connectivity index (χ2n) is 6.33. The van der Waals surface area contributed by atoms with E-state index in [4.69, 9.17) is 20.9 Å². The smallest absolute Gasteiger partial charge is 0.259 e. The first kappa shape index (κ1) is 17.0. The molecule has 5 nitrogen and oxygen atoms in total. The Kier molecular flexibility index (Phi) is 4.92. The zero-order valence-electron chi connectivity index (χ0n) is 14.1. The third kappa shape index (κ3) is 3.32. The van der Waals surface area contributed by atoms with Crippen molar-refractivity contribution in [1.29, 1.82) is 0 Å². The van der Waals surface area contributed by atoms with Crippen molar-refractivity contribution >= 4 is 17.5 Å². The Morgan fingerprint density at radius 1 is 1.42 bits per heavy atom. The third-order valence-electron chi connectivity index (χ3n) is 4.20. The molecule has 24 heavy (non-hydrogen) atoms. The maximum absolute atomic E-state index is 13.0. The highest BCUT2D eigenvalue weighted by molar-refractivity contribution is 6.30. The number of carbonyl (C=O) groups is 1. The lowest BCUT2D eigenvalue weighted by molar-refractivity contribution is -0.0229. The summed E-state index contributed by atoms with van der Waals surface area (Å²) in [6, 6.07) is 7.56. The predicted molar refractivity (Wildman–Crippen MR) is 91.4 cm³/mol. The number of rotatable bonds is 3. The average molecular weight is 349 g/mol. The van der Waals surface area contributed by atoms with Gasteiger partial charge in [0.05, 0.1) is 18.8 Å². The molecule has 1 saturated heterocycles. The van der Waals surface area contributed by atoms with E-state index in [1.54, 1.807) is 11.8 Å². The largest absolute Gasteiger partial charge is 0.370 e. The fourth-order valence-electron chi connectivity index (χ4n) is 2.94. The molecule has 2 heterocycles. The number of nitrogens with zero attached hydrogens (tertiary/aromatic N) is 2. The predicted octanol–water partition coefficient (Wildman–Crippen LogP) is 3.97. The van der Waals surface area contributed by atoms with Gasteiger partial charge in [0.15, 0.2) is 5.76 Å². The molecule has 0 saturated carbocycles. The topological polar surface area (TPSA) is 55.6 Å². The molecule has 3 rings (SSSR count). The van der Waals surface area contributed by atoms with Gasteiger partial charge in [-0.3, -0.25) is 4.79 Å². The van der Waals surface area contributed by atoms with E-state index in [1.807, 2.05) is 38.1 Å². The van der Waals surface area contributed by atoms with Crippen LogP contribution < -0.4 is 0 Å². The van der Waals surface area contributed by atoms with Crippen LogP contribution in [-0.2, 0) is 4.74 Å². The lowest BCUT2D eigenvalue weighted by atomic mass is 10.0.